The fourth-order valence-corrected chi connectivity index (χ4v) is 8.02. The van der Waals surface area contributed by atoms with Gasteiger partial charge in [0.25, 0.3) is 16.7 Å². The monoisotopic (exact) mass is 1180 g/mol. The third-order valence-corrected chi connectivity index (χ3v) is 12.0. The highest BCUT2D eigenvalue weighted by Gasteiger charge is 2.46. The third-order valence-electron chi connectivity index (χ3n) is 12.0. The highest BCUT2D eigenvalue weighted by molar-refractivity contribution is 6.14. The molecule has 9 heterocycles. The molecule has 5 saturated heterocycles. The van der Waals surface area contributed by atoms with Crippen molar-refractivity contribution in [1.82, 2.24) is 54.1 Å². The molecular weight excluding hydrogens is 1130 g/mol. The molecule has 5 fully saturated rings. The highest BCUT2D eigenvalue weighted by atomic mass is 16.6. The second kappa shape index (κ2) is 29.4. The van der Waals surface area contributed by atoms with Gasteiger partial charge in [-0.3, -0.25) is 63.3 Å². The van der Waals surface area contributed by atoms with Crippen molar-refractivity contribution in [2.24, 2.45) is 15.3 Å². The van der Waals surface area contributed by atoms with Gasteiger partial charge in [0, 0.05) is 51.4 Å². The number of nitrogens with two attached hydrogens (primary N) is 1. The number of carbonyl (C=O) groups is 3. The summed E-state index contributed by atoms with van der Waals surface area (Å²) in [5.41, 5.74) is 26.5. The average Bonchev–Trinajstić information content (AvgIpc) is 4.40. The third kappa shape index (κ3) is 16.0. The molecule has 5 aliphatic heterocycles. The molecule has 0 aliphatic carbocycles. The summed E-state index contributed by atoms with van der Waals surface area (Å²) in [6, 6.07) is -0.931. The first-order valence-electron chi connectivity index (χ1n) is 23.7. The fourth-order valence-electron chi connectivity index (χ4n) is 8.02. The maximum atomic E-state index is 11.7. The van der Waals surface area contributed by atoms with Gasteiger partial charge in [-0.05, 0) is 29.6 Å². The van der Waals surface area contributed by atoms with Crippen LogP contribution in [-0.2, 0) is 28.5 Å². The number of imide groups is 2. The van der Waals surface area contributed by atoms with Crippen molar-refractivity contribution in [2.75, 3.05) is 32.2 Å². The number of H-pyrrole nitrogens is 3. The Morgan fingerprint density at radius 1 is 0.627 bits per heavy atom. The number of nitrogens with one attached hydrogen (secondary N) is 5. The normalized spacial score (nSPS) is 28.5. The number of ether oxygens (including phenoxy) is 4. The number of barbiturate groups is 1. The Labute approximate surface area is 457 Å². The number of amides is 4. The smallest absolute Gasteiger partial charge is 0.351 e. The van der Waals surface area contributed by atoms with E-state index < -0.39 is 169 Å². The molecule has 0 unspecified atom stereocenters. The van der Waals surface area contributed by atoms with E-state index in [1.54, 1.807) is 6.92 Å². The van der Waals surface area contributed by atoms with E-state index in [1.807, 2.05) is 20.6 Å². The maximum absolute atomic E-state index is 11.7. The zero-order chi connectivity index (χ0) is 61.4. The van der Waals surface area contributed by atoms with Gasteiger partial charge in [0.15, 0.2) is 6.23 Å². The standard InChI is InChI=1S/C10H13N5O4.C9H12N6O4.C9H11N5O5.C8H11N3O6.C4H4N2O3/c1-5-3-15(10(18)12-9(5)17)8-2-6(13-14-11)7(4-16)19-8;10-5-1-2-15(9(18)12-5)8-6(13-14-11)7(17)4(3-16)19-8;10-13-12-6-7(17)4(3-15)19-8(6)14-2-1-5(16)11-9(14)18;12-2-3-5(14)6(15)7(17-3)11-8(16)10-4(13)1-9-11;7-2-1-3(8)6-4(9)5-2/h3,6-8,16H,2,4H2,1H3,(H,12,17,18);1-2,4,6-8,16-17H,3H2,(H2,10,12,18);1-2,4,6-8,15,17H,3H2,(H,11,16,18);1,3,5-7,12,14-15H,2H2,(H,10,13,16);1H2,(H2,5,6,7,8,9)/t6-,7+,8+;2*4-,6-,7-,8-;3-,5-,6-,7-;/m0111./s1. The number of anilines is 1. The molecule has 0 spiro atoms. The lowest BCUT2D eigenvalue weighted by molar-refractivity contribution is -0.129. The van der Waals surface area contributed by atoms with E-state index in [0.717, 1.165) is 27.6 Å². The molecule has 9 rings (SSSR count). The molecule has 0 aromatic carbocycles. The number of aryl methyl sites for hydroxylation is 1. The summed E-state index contributed by atoms with van der Waals surface area (Å²) in [5.74, 6) is -1.06. The molecule has 0 saturated carbocycles. The molecule has 5 aliphatic rings. The van der Waals surface area contributed by atoms with Gasteiger partial charge in [0.2, 0.25) is 11.8 Å². The molecule has 15 N–H and O–H groups in total. The van der Waals surface area contributed by atoms with Gasteiger partial charge in [-0.15, -0.1) is 0 Å². The first kappa shape index (κ1) is 64.5. The number of hydrogen-bond donors (Lipinski definition) is 14. The lowest BCUT2D eigenvalue weighted by atomic mass is 10.1. The highest BCUT2D eigenvalue weighted by Crippen LogP contribution is 2.33. The van der Waals surface area contributed by atoms with Gasteiger partial charge in [0.05, 0.1) is 50.8 Å². The Bertz CT molecular complexity index is 3500. The lowest BCUT2D eigenvalue weighted by Crippen LogP contribution is -2.49. The Morgan fingerprint density at radius 3 is 1.63 bits per heavy atom. The Morgan fingerprint density at radius 2 is 1.13 bits per heavy atom. The Balaban J connectivity index is 0.000000193. The second-order valence-electron chi connectivity index (χ2n) is 17.4. The molecular formula is C40H51N21O22. The van der Waals surface area contributed by atoms with E-state index in [9.17, 15) is 68.4 Å². The van der Waals surface area contributed by atoms with Crippen molar-refractivity contribution in [3.63, 3.8) is 0 Å². The SMILES string of the molecule is Cc1cn([C@H]2C[C@H](N=[N+]=[N-])[C@@H](CO)O2)c(=O)[nH]c1=O.O=C1CC(=O)NC(=O)N1.O=c1cnn([C@@H]2O[C@H](CO)[C@@H](O)[C@H]2O)c(=O)[nH]1.[N-]=[N+]=N[C@@H]1[C@H](O)[C@@H](CO)O[C@H]1n1ccc(=O)[nH]c1=O.[N-]=[N+]=N[C@@H]1[C@H](O)[C@@H](CO)O[C@H]1n1ccc(N)nc1=O. The minimum atomic E-state index is -1.41. The summed E-state index contributed by atoms with van der Waals surface area (Å²) in [7, 11) is 0. The minimum Gasteiger partial charge on any atom is -0.394 e. The predicted octanol–water partition coefficient (Wildman–Crippen LogP) is -7.69. The molecule has 4 aromatic heterocycles. The summed E-state index contributed by atoms with van der Waals surface area (Å²) in [6.07, 6.45) is -8.09. The van der Waals surface area contributed by atoms with Gasteiger partial charge < -0.3 is 65.5 Å². The van der Waals surface area contributed by atoms with Crippen molar-refractivity contribution in [3.8, 4) is 0 Å². The van der Waals surface area contributed by atoms with Gasteiger partial charge in [-0.25, -0.2) is 24.0 Å². The summed E-state index contributed by atoms with van der Waals surface area (Å²) >= 11 is 0. The lowest BCUT2D eigenvalue weighted by Gasteiger charge is -2.17. The number of urea groups is 1. The molecule has 43 nitrogen and oxygen atoms in total. The average molecular weight is 1180 g/mol. The van der Waals surface area contributed by atoms with Crippen LogP contribution in [0.1, 0.15) is 43.3 Å². The van der Waals surface area contributed by atoms with Crippen LogP contribution >= 0.6 is 0 Å². The van der Waals surface area contributed by atoms with Crippen LogP contribution in [0.3, 0.4) is 0 Å². The number of hydrogen-bond acceptors (Lipinski definition) is 28. The summed E-state index contributed by atoms with van der Waals surface area (Å²) in [6.45, 7) is -0.207. The van der Waals surface area contributed by atoms with Gasteiger partial charge >= 0.3 is 28.8 Å². The van der Waals surface area contributed by atoms with E-state index in [4.69, 9.17) is 61.7 Å². The quantitative estimate of drug-likeness (QED) is 0.0287. The van der Waals surface area contributed by atoms with Crippen LogP contribution in [0.5, 0.6) is 0 Å². The second-order valence-corrected chi connectivity index (χ2v) is 17.4. The van der Waals surface area contributed by atoms with Crippen molar-refractivity contribution in [1.29, 1.82) is 0 Å². The molecule has 448 valence electrons. The van der Waals surface area contributed by atoms with Crippen molar-refractivity contribution in [3.05, 3.63) is 147 Å². The van der Waals surface area contributed by atoms with Crippen LogP contribution in [-0.4, -0.2) is 196 Å². The van der Waals surface area contributed by atoms with Crippen LogP contribution in [0.15, 0.2) is 85.8 Å². The van der Waals surface area contributed by atoms with Crippen LogP contribution < -0.4 is 55.8 Å². The Hall–Kier alpha value is -9.29. The van der Waals surface area contributed by atoms with Gasteiger partial charge in [0.1, 0.15) is 79.7 Å². The molecule has 83 heavy (non-hydrogen) atoms. The number of aliphatic hydroxyl groups excluding tert-OH is 8. The van der Waals surface area contributed by atoms with Crippen LogP contribution in [0.4, 0.5) is 10.6 Å². The largest absolute Gasteiger partial charge is 0.394 e. The number of rotatable bonds is 11. The topological polar surface area (TPSA) is 659 Å². The zero-order valence-corrected chi connectivity index (χ0v) is 42.4. The Kier molecular flexibility index (Phi) is 22.9. The molecule has 43 heteroatoms. The summed E-state index contributed by atoms with van der Waals surface area (Å²) in [4.78, 5) is 128. The van der Waals surface area contributed by atoms with Gasteiger partial charge in [-0.2, -0.15) is 14.8 Å². The number of aliphatic hydroxyl groups is 8. The van der Waals surface area contributed by atoms with Crippen LogP contribution in [0.25, 0.3) is 31.3 Å². The van der Waals surface area contributed by atoms with E-state index in [-0.39, 0.29) is 25.3 Å². The summed E-state index contributed by atoms with van der Waals surface area (Å²) in [5, 5.41) is 92.5. The van der Waals surface area contributed by atoms with Crippen molar-refractivity contribution in [2.45, 2.75) is 112 Å². The predicted molar refractivity (Wildman–Crippen MR) is 267 cm³/mol. The number of azide groups is 3. The number of nitrogens with zero attached hydrogens (tertiary/aromatic N) is 15. The first-order chi connectivity index (χ1) is 39.4. The molecule has 0 bridgehead atoms. The van der Waals surface area contributed by atoms with E-state index >= 15 is 0 Å². The molecule has 15 atom stereocenters. The van der Waals surface area contributed by atoms with Crippen molar-refractivity contribution >= 4 is 23.7 Å². The minimum absolute atomic E-state index is 0.0406. The number of aromatic amines is 3. The van der Waals surface area contributed by atoms with Crippen LogP contribution in [0, 0.1) is 6.92 Å². The van der Waals surface area contributed by atoms with Gasteiger partial charge in [-0.1, -0.05) is 15.3 Å². The molecule has 0 radical (unpaired) electrons. The van der Waals surface area contributed by atoms with Crippen LogP contribution in [0.2, 0.25) is 0 Å². The molecule has 4 aromatic rings. The zero-order valence-electron chi connectivity index (χ0n) is 42.4. The first-order valence-corrected chi connectivity index (χ1v) is 23.7. The van der Waals surface area contributed by atoms with E-state index in [1.165, 1.54) is 23.0 Å². The fraction of sp³-hybridized carbons (Fsp3) is 0.550. The van der Waals surface area contributed by atoms with Crippen molar-refractivity contribution < 1.29 is 74.2 Å². The maximum Gasteiger partial charge on any atom is 0.351 e. The van der Waals surface area contributed by atoms with E-state index in [0.29, 0.717) is 10.2 Å². The number of nitrogen functional groups attached to an aromatic ring is 1. The van der Waals surface area contributed by atoms with E-state index in [2.05, 4.69) is 45.1 Å². The summed E-state index contributed by atoms with van der Waals surface area (Å²) < 4.78 is 25.1. The molecule has 4 amide bonds. The number of aromatic nitrogens is 9. The number of carbonyl (C=O) groups excluding carboxylic acids is 3.